The van der Waals surface area contributed by atoms with E-state index in [0.717, 1.165) is 45.5 Å². The number of nitrogens with one attached hydrogen (secondary N) is 2. The van der Waals surface area contributed by atoms with Gasteiger partial charge in [-0.05, 0) is 39.3 Å². The number of carbonyl (C=O) groups is 1. The van der Waals surface area contributed by atoms with Crippen LogP contribution in [0.3, 0.4) is 0 Å². The van der Waals surface area contributed by atoms with E-state index in [1.54, 1.807) is 0 Å². The fourth-order valence-electron chi connectivity index (χ4n) is 2.50. The van der Waals surface area contributed by atoms with Crippen molar-refractivity contribution in [1.29, 1.82) is 0 Å². The molecule has 2 N–H and O–H groups in total. The summed E-state index contributed by atoms with van der Waals surface area (Å²) in [6.45, 7) is 5.66. The topological polar surface area (TPSA) is 50.4 Å². The summed E-state index contributed by atoms with van der Waals surface area (Å²) in [5.41, 5.74) is 0. The molecular formula is C12H22N2O2. The highest BCUT2D eigenvalue weighted by molar-refractivity contribution is 5.78. The zero-order chi connectivity index (χ0) is 11.4. The highest BCUT2D eigenvalue weighted by atomic mass is 16.5. The number of hydrogen-bond donors (Lipinski definition) is 2. The average Bonchev–Trinajstić information content (AvgIpc) is 2.73. The van der Waals surface area contributed by atoms with Crippen LogP contribution in [0.15, 0.2) is 0 Å². The van der Waals surface area contributed by atoms with Gasteiger partial charge in [-0.25, -0.2) is 0 Å². The van der Waals surface area contributed by atoms with Crippen LogP contribution in [0.4, 0.5) is 0 Å². The standard InChI is InChI=1S/C12H22N2O2/c1-9-11(4-7-16-9)8-14-12(15)10-2-5-13-6-3-10/h9-11,13H,2-8H2,1H3,(H,14,15). The minimum absolute atomic E-state index is 0.221. The van der Waals surface area contributed by atoms with Crippen LogP contribution in [-0.4, -0.2) is 38.3 Å². The van der Waals surface area contributed by atoms with Crippen LogP contribution in [0.2, 0.25) is 0 Å². The van der Waals surface area contributed by atoms with Crippen molar-refractivity contribution in [3.63, 3.8) is 0 Å². The number of ether oxygens (including phenoxy) is 1. The molecule has 0 aromatic rings. The van der Waals surface area contributed by atoms with Crippen molar-refractivity contribution in [2.75, 3.05) is 26.2 Å². The Morgan fingerprint density at radius 3 is 2.75 bits per heavy atom. The van der Waals surface area contributed by atoms with Crippen molar-refractivity contribution in [2.24, 2.45) is 11.8 Å². The second-order valence-corrected chi connectivity index (χ2v) is 4.89. The third-order valence-electron chi connectivity index (χ3n) is 3.78. The Morgan fingerprint density at radius 2 is 2.12 bits per heavy atom. The van der Waals surface area contributed by atoms with Gasteiger partial charge in [0.2, 0.25) is 5.91 Å². The maximum Gasteiger partial charge on any atom is 0.223 e. The first-order chi connectivity index (χ1) is 7.77. The Morgan fingerprint density at radius 1 is 1.38 bits per heavy atom. The number of carbonyl (C=O) groups excluding carboxylic acids is 1. The molecule has 0 aliphatic carbocycles. The predicted octanol–water partition coefficient (Wildman–Crippen LogP) is 0.527. The Balaban J connectivity index is 1.70. The molecule has 0 aromatic carbocycles. The molecule has 4 heteroatoms. The minimum Gasteiger partial charge on any atom is -0.378 e. The highest BCUT2D eigenvalue weighted by Crippen LogP contribution is 2.19. The molecule has 16 heavy (non-hydrogen) atoms. The molecule has 2 fully saturated rings. The van der Waals surface area contributed by atoms with Gasteiger partial charge in [0, 0.05) is 25.0 Å². The van der Waals surface area contributed by atoms with E-state index >= 15 is 0 Å². The molecule has 0 aromatic heterocycles. The van der Waals surface area contributed by atoms with Gasteiger partial charge < -0.3 is 15.4 Å². The molecule has 2 heterocycles. The van der Waals surface area contributed by atoms with Gasteiger partial charge in [0.15, 0.2) is 0 Å². The molecular weight excluding hydrogens is 204 g/mol. The van der Waals surface area contributed by atoms with E-state index in [2.05, 4.69) is 17.6 Å². The van der Waals surface area contributed by atoms with Crippen LogP contribution in [0.1, 0.15) is 26.2 Å². The molecule has 0 spiro atoms. The smallest absolute Gasteiger partial charge is 0.223 e. The lowest BCUT2D eigenvalue weighted by Gasteiger charge is -2.23. The van der Waals surface area contributed by atoms with Crippen LogP contribution in [-0.2, 0) is 9.53 Å². The Labute approximate surface area is 97.1 Å². The van der Waals surface area contributed by atoms with Gasteiger partial charge >= 0.3 is 0 Å². The summed E-state index contributed by atoms with van der Waals surface area (Å²) in [4.78, 5) is 11.9. The third kappa shape index (κ3) is 2.95. The molecule has 2 aliphatic rings. The fraction of sp³-hybridized carbons (Fsp3) is 0.917. The zero-order valence-electron chi connectivity index (χ0n) is 10.00. The molecule has 2 aliphatic heterocycles. The molecule has 92 valence electrons. The van der Waals surface area contributed by atoms with Gasteiger partial charge in [0.1, 0.15) is 0 Å². The van der Waals surface area contributed by atoms with Gasteiger partial charge in [-0.3, -0.25) is 4.79 Å². The number of piperidine rings is 1. The number of rotatable bonds is 3. The summed E-state index contributed by atoms with van der Waals surface area (Å²) < 4.78 is 5.48. The first-order valence-electron chi connectivity index (χ1n) is 6.37. The van der Waals surface area contributed by atoms with E-state index in [-0.39, 0.29) is 11.8 Å². The van der Waals surface area contributed by atoms with Crippen molar-refractivity contribution in [3.8, 4) is 0 Å². The van der Waals surface area contributed by atoms with Gasteiger partial charge in [0.05, 0.1) is 6.10 Å². The molecule has 2 unspecified atom stereocenters. The number of amides is 1. The Kier molecular flexibility index (Phi) is 4.18. The van der Waals surface area contributed by atoms with Crippen LogP contribution >= 0.6 is 0 Å². The van der Waals surface area contributed by atoms with E-state index in [1.165, 1.54) is 0 Å². The lowest BCUT2D eigenvalue weighted by atomic mass is 9.96. The number of hydrogen-bond acceptors (Lipinski definition) is 3. The van der Waals surface area contributed by atoms with E-state index in [9.17, 15) is 4.79 Å². The second kappa shape index (κ2) is 5.64. The van der Waals surface area contributed by atoms with Gasteiger partial charge in [-0.1, -0.05) is 0 Å². The molecule has 2 atom stereocenters. The minimum atomic E-state index is 0.221. The van der Waals surface area contributed by atoms with Crippen molar-refractivity contribution in [2.45, 2.75) is 32.3 Å². The SMILES string of the molecule is CC1OCCC1CNC(=O)C1CCNCC1. The summed E-state index contributed by atoms with van der Waals surface area (Å²) >= 11 is 0. The van der Waals surface area contributed by atoms with Crippen LogP contribution in [0.25, 0.3) is 0 Å². The average molecular weight is 226 g/mol. The maximum absolute atomic E-state index is 11.9. The van der Waals surface area contributed by atoms with Crippen molar-refractivity contribution in [3.05, 3.63) is 0 Å². The summed E-state index contributed by atoms with van der Waals surface area (Å²) in [6, 6.07) is 0. The van der Waals surface area contributed by atoms with Crippen LogP contribution < -0.4 is 10.6 Å². The summed E-state index contributed by atoms with van der Waals surface area (Å²) in [6.07, 6.45) is 3.33. The fourth-order valence-corrected chi connectivity index (χ4v) is 2.50. The largest absolute Gasteiger partial charge is 0.378 e. The maximum atomic E-state index is 11.9. The van der Waals surface area contributed by atoms with E-state index in [0.29, 0.717) is 12.0 Å². The second-order valence-electron chi connectivity index (χ2n) is 4.89. The van der Waals surface area contributed by atoms with Crippen LogP contribution in [0, 0.1) is 11.8 Å². The first-order valence-corrected chi connectivity index (χ1v) is 6.37. The molecule has 0 radical (unpaired) electrons. The quantitative estimate of drug-likeness (QED) is 0.738. The normalized spacial score (nSPS) is 31.6. The summed E-state index contributed by atoms with van der Waals surface area (Å²) in [5.74, 6) is 0.963. The first kappa shape index (κ1) is 11.9. The highest BCUT2D eigenvalue weighted by Gasteiger charge is 2.26. The van der Waals surface area contributed by atoms with Crippen molar-refractivity contribution in [1.82, 2.24) is 10.6 Å². The lowest BCUT2D eigenvalue weighted by Crippen LogP contribution is -2.40. The van der Waals surface area contributed by atoms with Crippen molar-refractivity contribution >= 4 is 5.91 Å². The Bertz CT molecular complexity index is 239. The Hall–Kier alpha value is -0.610. The van der Waals surface area contributed by atoms with E-state index in [4.69, 9.17) is 4.74 Å². The van der Waals surface area contributed by atoms with Crippen molar-refractivity contribution < 1.29 is 9.53 Å². The molecule has 0 saturated carbocycles. The van der Waals surface area contributed by atoms with Gasteiger partial charge in [0.25, 0.3) is 0 Å². The van der Waals surface area contributed by atoms with Crippen LogP contribution in [0.5, 0.6) is 0 Å². The molecule has 1 amide bonds. The summed E-state index contributed by atoms with van der Waals surface area (Å²) in [7, 11) is 0. The molecule has 2 rings (SSSR count). The van der Waals surface area contributed by atoms with E-state index < -0.39 is 0 Å². The monoisotopic (exact) mass is 226 g/mol. The molecule has 0 bridgehead atoms. The molecule has 4 nitrogen and oxygen atoms in total. The molecule has 2 saturated heterocycles. The zero-order valence-corrected chi connectivity index (χ0v) is 10.00. The van der Waals surface area contributed by atoms with Gasteiger partial charge in [-0.15, -0.1) is 0 Å². The van der Waals surface area contributed by atoms with Gasteiger partial charge in [-0.2, -0.15) is 0 Å². The van der Waals surface area contributed by atoms with E-state index in [1.807, 2.05) is 0 Å². The third-order valence-corrected chi connectivity index (χ3v) is 3.78. The lowest BCUT2D eigenvalue weighted by molar-refractivity contribution is -0.126. The summed E-state index contributed by atoms with van der Waals surface area (Å²) in [5, 5.41) is 6.35. The predicted molar refractivity (Wildman–Crippen MR) is 62.1 cm³/mol.